The number of para-hydroxylation sites is 1. The number of carbonyl (C=O) groups is 1. The number of amides is 1. The fourth-order valence-electron chi connectivity index (χ4n) is 6.88. The molecule has 2 heterocycles. The van der Waals surface area contributed by atoms with Gasteiger partial charge in [-0.05, 0) is 80.8 Å². The minimum Gasteiger partial charge on any atom is -0.356 e. The van der Waals surface area contributed by atoms with Crippen LogP contribution in [-0.4, -0.2) is 34.8 Å². The van der Waals surface area contributed by atoms with Crippen molar-refractivity contribution in [3.05, 3.63) is 42.1 Å². The van der Waals surface area contributed by atoms with E-state index in [-0.39, 0.29) is 5.91 Å². The Bertz CT molecular complexity index is 871. The number of nitrogens with one attached hydrogen (secondary N) is 1. The van der Waals surface area contributed by atoms with Gasteiger partial charge in [0.25, 0.3) is 5.91 Å². The maximum Gasteiger partial charge on any atom is 0.256 e. The Balaban J connectivity index is 1.31. The molecule has 5 heteroatoms. The van der Waals surface area contributed by atoms with Gasteiger partial charge in [-0.2, -0.15) is 5.10 Å². The second-order valence-electron chi connectivity index (χ2n) is 9.75. The van der Waals surface area contributed by atoms with E-state index in [2.05, 4.69) is 27.4 Å². The molecule has 5 aliphatic rings. The van der Waals surface area contributed by atoms with Gasteiger partial charge in [-0.25, -0.2) is 4.68 Å². The third kappa shape index (κ3) is 2.97. The summed E-state index contributed by atoms with van der Waals surface area (Å²) in [5.41, 5.74) is 1.76. The van der Waals surface area contributed by atoms with Crippen molar-refractivity contribution in [3.8, 4) is 5.69 Å². The molecule has 5 nitrogen and oxygen atoms in total. The maximum absolute atomic E-state index is 13.5. The molecule has 1 aromatic carbocycles. The number of nitrogens with zero attached hydrogens (tertiary/aromatic N) is 3. The van der Waals surface area contributed by atoms with Crippen LogP contribution >= 0.6 is 0 Å². The third-order valence-corrected chi connectivity index (χ3v) is 7.92. The van der Waals surface area contributed by atoms with Gasteiger partial charge in [0, 0.05) is 19.1 Å². The monoisotopic (exact) mass is 390 g/mol. The molecule has 152 valence electrons. The number of hydrogen-bond acceptors (Lipinski definition) is 3. The summed E-state index contributed by atoms with van der Waals surface area (Å²) in [6, 6.07) is 10.6. The molecular weight excluding hydrogens is 360 g/mol. The first kappa shape index (κ1) is 17.5. The van der Waals surface area contributed by atoms with Crippen LogP contribution in [0.2, 0.25) is 0 Å². The van der Waals surface area contributed by atoms with Crippen LogP contribution in [0.25, 0.3) is 5.69 Å². The van der Waals surface area contributed by atoms with Crippen molar-refractivity contribution in [2.24, 2.45) is 23.7 Å². The Morgan fingerprint density at radius 1 is 0.931 bits per heavy atom. The summed E-state index contributed by atoms with van der Waals surface area (Å²) in [5, 5.41) is 8.14. The lowest BCUT2D eigenvalue weighted by Gasteiger charge is -2.54. The van der Waals surface area contributed by atoms with Crippen LogP contribution in [0.1, 0.15) is 55.3 Å². The summed E-state index contributed by atoms with van der Waals surface area (Å²) in [6.07, 6.45) is 10.9. The highest BCUT2D eigenvalue weighted by Gasteiger charge is 2.48. The van der Waals surface area contributed by atoms with Gasteiger partial charge in [-0.1, -0.05) is 18.2 Å². The molecule has 29 heavy (non-hydrogen) atoms. The van der Waals surface area contributed by atoms with Crippen molar-refractivity contribution in [2.45, 2.75) is 51.0 Å². The van der Waals surface area contributed by atoms with E-state index >= 15 is 0 Å². The summed E-state index contributed by atoms with van der Waals surface area (Å²) < 4.78 is 1.96. The molecule has 4 bridgehead atoms. The molecule has 4 aliphatic carbocycles. The van der Waals surface area contributed by atoms with Crippen molar-refractivity contribution in [1.82, 2.24) is 15.1 Å². The highest BCUT2D eigenvalue weighted by atomic mass is 16.1. The Labute approximate surface area is 172 Å². The first-order chi connectivity index (χ1) is 14.3. The van der Waals surface area contributed by atoms with Crippen molar-refractivity contribution >= 4 is 11.7 Å². The fraction of sp³-hybridized carbons (Fsp3) is 0.583. The summed E-state index contributed by atoms with van der Waals surface area (Å²) in [4.78, 5) is 15.8. The predicted octanol–water partition coefficient (Wildman–Crippen LogP) is 4.03. The Kier molecular flexibility index (Phi) is 4.17. The van der Waals surface area contributed by atoms with Crippen LogP contribution in [0.4, 0.5) is 5.82 Å². The van der Waals surface area contributed by atoms with Crippen LogP contribution < -0.4 is 10.2 Å². The molecule has 7 rings (SSSR count). The van der Waals surface area contributed by atoms with Gasteiger partial charge >= 0.3 is 0 Å². The molecule has 1 aromatic heterocycles. The van der Waals surface area contributed by atoms with E-state index in [1.165, 1.54) is 44.9 Å². The number of aromatic nitrogens is 2. The van der Waals surface area contributed by atoms with Crippen LogP contribution in [0.3, 0.4) is 0 Å². The smallest absolute Gasteiger partial charge is 0.256 e. The van der Waals surface area contributed by atoms with Gasteiger partial charge in [-0.15, -0.1) is 0 Å². The molecule has 2 aromatic rings. The Morgan fingerprint density at radius 3 is 2.24 bits per heavy atom. The zero-order chi connectivity index (χ0) is 19.4. The van der Waals surface area contributed by atoms with Crippen LogP contribution in [-0.2, 0) is 0 Å². The van der Waals surface area contributed by atoms with Gasteiger partial charge < -0.3 is 10.2 Å². The number of benzene rings is 1. The largest absolute Gasteiger partial charge is 0.356 e. The molecule has 1 aliphatic heterocycles. The highest BCUT2D eigenvalue weighted by Crippen LogP contribution is 2.53. The van der Waals surface area contributed by atoms with Crippen molar-refractivity contribution in [2.75, 3.05) is 18.0 Å². The van der Waals surface area contributed by atoms with Gasteiger partial charge in [0.05, 0.1) is 11.9 Å². The summed E-state index contributed by atoms with van der Waals surface area (Å²) in [6.45, 7) is 1.99. The quantitative estimate of drug-likeness (QED) is 0.858. The summed E-state index contributed by atoms with van der Waals surface area (Å²) in [7, 11) is 0. The van der Waals surface area contributed by atoms with Crippen molar-refractivity contribution < 1.29 is 4.79 Å². The summed E-state index contributed by atoms with van der Waals surface area (Å²) >= 11 is 0. The number of anilines is 1. The van der Waals surface area contributed by atoms with E-state index in [0.29, 0.717) is 17.9 Å². The van der Waals surface area contributed by atoms with E-state index in [1.54, 1.807) is 6.20 Å². The van der Waals surface area contributed by atoms with E-state index in [4.69, 9.17) is 0 Å². The van der Waals surface area contributed by atoms with Gasteiger partial charge in [0.2, 0.25) is 0 Å². The Hall–Kier alpha value is -2.30. The molecule has 0 unspecified atom stereocenters. The normalized spacial score (nSPS) is 32.7. The molecule has 5 fully saturated rings. The average molecular weight is 391 g/mol. The van der Waals surface area contributed by atoms with Crippen molar-refractivity contribution in [1.29, 1.82) is 0 Å². The lowest BCUT2D eigenvalue weighted by atomic mass is 9.54. The van der Waals surface area contributed by atoms with Gasteiger partial charge in [-0.3, -0.25) is 4.79 Å². The molecule has 1 N–H and O–H groups in total. The summed E-state index contributed by atoms with van der Waals surface area (Å²) in [5.74, 6) is 4.27. The molecule has 0 radical (unpaired) electrons. The third-order valence-electron chi connectivity index (χ3n) is 7.92. The van der Waals surface area contributed by atoms with E-state index in [1.807, 2.05) is 22.9 Å². The maximum atomic E-state index is 13.5. The van der Waals surface area contributed by atoms with Crippen molar-refractivity contribution in [3.63, 3.8) is 0 Å². The molecular formula is C24H30N4O. The average Bonchev–Trinajstić information content (AvgIpc) is 3.40. The lowest BCUT2D eigenvalue weighted by molar-refractivity contribution is -0.0119. The zero-order valence-corrected chi connectivity index (χ0v) is 17.0. The van der Waals surface area contributed by atoms with Gasteiger partial charge in [0.1, 0.15) is 11.4 Å². The zero-order valence-electron chi connectivity index (χ0n) is 17.0. The molecule has 0 spiro atoms. The van der Waals surface area contributed by atoms with E-state index in [9.17, 15) is 4.79 Å². The van der Waals surface area contributed by atoms with Gasteiger partial charge in [0.15, 0.2) is 0 Å². The number of rotatable bonds is 4. The molecule has 1 saturated heterocycles. The second-order valence-corrected chi connectivity index (χ2v) is 9.75. The number of carbonyl (C=O) groups excluding carboxylic acids is 1. The lowest BCUT2D eigenvalue weighted by Crippen LogP contribution is -2.55. The van der Waals surface area contributed by atoms with Crippen LogP contribution in [0, 0.1) is 23.7 Å². The molecule has 0 atom stereocenters. The van der Waals surface area contributed by atoms with E-state index < -0.39 is 0 Å². The minimum absolute atomic E-state index is 0.0755. The molecule has 4 saturated carbocycles. The first-order valence-electron chi connectivity index (χ1n) is 11.5. The first-order valence-corrected chi connectivity index (χ1v) is 11.5. The van der Waals surface area contributed by atoms with Crippen LogP contribution in [0.15, 0.2) is 36.5 Å². The van der Waals surface area contributed by atoms with E-state index in [0.717, 1.165) is 42.0 Å². The Morgan fingerprint density at radius 2 is 1.59 bits per heavy atom. The fourth-order valence-corrected chi connectivity index (χ4v) is 6.88. The SMILES string of the molecule is O=C(NC1C2CC3CC(C2)CC1C3)c1cnn(-c2ccccc2)c1N1CCCC1. The standard InChI is InChI=1S/C24H30N4O/c29-23(26-22-18-11-16-10-17(13-18)14-19(22)12-16)21-15-25-28(20-6-2-1-3-7-20)24(21)27-8-4-5-9-27/h1-3,6-7,15-19,22H,4-5,8-14H2,(H,26,29). The minimum atomic E-state index is 0.0755. The predicted molar refractivity (Wildman–Crippen MR) is 113 cm³/mol. The topological polar surface area (TPSA) is 50.2 Å². The van der Waals surface area contributed by atoms with Crippen LogP contribution in [0.5, 0.6) is 0 Å². The second kappa shape index (κ2) is 6.89. The molecule has 1 amide bonds. The number of hydrogen-bond donors (Lipinski definition) is 1. The highest BCUT2D eigenvalue weighted by molar-refractivity contribution is 5.99.